The quantitative estimate of drug-likeness (QED) is 0.154. The van der Waals surface area contributed by atoms with Gasteiger partial charge in [-0.1, -0.05) is 206 Å². The van der Waals surface area contributed by atoms with E-state index in [0.29, 0.717) is 0 Å². The Kier molecular flexibility index (Phi) is 8.21. The molecule has 13 aromatic carbocycles. The van der Waals surface area contributed by atoms with Crippen LogP contribution in [0.1, 0.15) is 0 Å². The first-order valence-corrected chi connectivity index (χ1v) is 25.0. The van der Waals surface area contributed by atoms with Crippen LogP contribution in [-0.2, 0) is 0 Å². The highest BCUT2D eigenvalue weighted by Crippen LogP contribution is 2.50. The average molecular weight is 895 g/mol. The van der Waals surface area contributed by atoms with Gasteiger partial charge in [0.25, 0.3) is 0 Å². The van der Waals surface area contributed by atoms with Crippen LogP contribution in [0, 0.1) is 0 Å². The van der Waals surface area contributed by atoms with Crippen molar-refractivity contribution in [2.75, 3.05) is 0 Å². The van der Waals surface area contributed by atoms with Gasteiger partial charge >= 0.3 is 0 Å². The maximum Gasteiger partial charge on any atom is 0.0440 e. The SMILES string of the molecule is c1ccc(-c2ccc(-c3ccc4c5ccccc5c5cc(-c6cccc7c6sc6ccccc67)ccc5c4c3)c3c2sc2c(-c4ccc5c6ccccc6c6ccccc6c5c4)cccc23)cc1. The highest BCUT2D eigenvalue weighted by atomic mass is 32.1. The molecule has 0 radical (unpaired) electrons. The summed E-state index contributed by atoms with van der Waals surface area (Å²) in [5.41, 5.74) is 10.0. The molecule has 0 nitrogen and oxygen atoms in total. The molecule has 68 heavy (non-hydrogen) atoms. The fourth-order valence-corrected chi connectivity index (χ4v) is 14.2. The van der Waals surface area contributed by atoms with Gasteiger partial charge in [0, 0.05) is 40.3 Å². The van der Waals surface area contributed by atoms with Crippen LogP contribution in [0.5, 0.6) is 0 Å². The lowest BCUT2D eigenvalue weighted by Gasteiger charge is -2.15. The van der Waals surface area contributed by atoms with Crippen LogP contribution in [-0.4, -0.2) is 0 Å². The topological polar surface area (TPSA) is 0 Å². The van der Waals surface area contributed by atoms with Crippen LogP contribution in [0.4, 0.5) is 0 Å². The third-order valence-electron chi connectivity index (χ3n) is 14.6. The lowest BCUT2D eigenvalue weighted by atomic mass is 9.89. The summed E-state index contributed by atoms with van der Waals surface area (Å²) >= 11 is 3.83. The molecule has 0 bridgehead atoms. The van der Waals surface area contributed by atoms with Crippen LogP contribution in [0.3, 0.4) is 0 Å². The molecule has 0 aliphatic heterocycles. The number of rotatable bonds is 4. The van der Waals surface area contributed by atoms with E-state index in [4.69, 9.17) is 0 Å². The Morgan fingerprint density at radius 1 is 0.191 bits per heavy atom. The van der Waals surface area contributed by atoms with Crippen LogP contribution in [0.15, 0.2) is 231 Å². The Balaban J connectivity index is 0.960. The van der Waals surface area contributed by atoms with Crippen molar-refractivity contribution in [2.24, 2.45) is 0 Å². The van der Waals surface area contributed by atoms with Gasteiger partial charge in [0.2, 0.25) is 0 Å². The van der Waals surface area contributed by atoms with Gasteiger partial charge in [0.15, 0.2) is 0 Å². The molecule has 0 saturated heterocycles. The van der Waals surface area contributed by atoms with Crippen LogP contribution in [0.2, 0.25) is 0 Å². The summed E-state index contributed by atoms with van der Waals surface area (Å²) in [5.74, 6) is 0. The van der Waals surface area contributed by atoms with Crippen LogP contribution >= 0.6 is 22.7 Å². The monoisotopic (exact) mass is 894 g/mol. The van der Waals surface area contributed by atoms with Crippen LogP contribution < -0.4 is 0 Å². The van der Waals surface area contributed by atoms with Gasteiger partial charge in [-0.05, 0) is 133 Å². The number of fused-ring (bicyclic) bond motifs is 18. The second-order valence-electron chi connectivity index (χ2n) is 18.2. The summed E-state index contributed by atoms with van der Waals surface area (Å²) < 4.78 is 5.31. The molecular weight excluding hydrogens is 857 g/mol. The zero-order valence-electron chi connectivity index (χ0n) is 36.8. The lowest BCUT2D eigenvalue weighted by molar-refractivity contribution is 1.66. The molecule has 0 amide bonds. The van der Waals surface area contributed by atoms with Gasteiger partial charge in [-0.2, -0.15) is 0 Å². The second kappa shape index (κ2) is 14.7. The lowest BCUT2D eigenvalue weighted by Crippen LogP contribution is -1.88. The molecule has 0 N–H and O–H groups in total. The van der Waals surface area contributed by atoms with Gasteiger partial charge in [-0.15, -0.1) is 22.7 Å². The third-order valence-corrected chi connectivity index (χ3v) is 17.1. The van der Waals surface area contributed by atoms with Crippen molar-refractivity contribution in [3.05, 3.63) is 231 Å². The summed E-state index contributed by atoms with van der Waals surface area (Å²) in [4.78, 5) is 0. The molecule has 0 aliphatic rings. The van der Waals surface area contributed by atoms with Gasteiger partial charge in [0.1, 0.15) is 0 Å². The molecule has 0 spiro atoms. The number of thiophene rings is 2. The molecule has 15 aromatic rings. The first-order valence-electron chi connectivity index (χ1n) is 23.4. The Labute approximate surface area is 400 Å². The summed E-state index contributed by atoms with van der Waals surface area (Å²) in [6.07, 6.45) is 0. The van der Waals surface area contributed by atoms with E-state index in [1.807, 2.05) is 22.7 Å². The van der Waals surface area contributed by atoms with Gasteiger partial charge < -0.3 is 0 Å². The molecule has 0 fully saturated rings. The average Bonchev–Trinajstić information content (AvgIpc) is 4.00. The van der Waals surface area contributed by atoms with E-state index in [2.05, 4.69) is 231 Å². The smallest absolute Gasteiger partial charge is 0.0440 e. The molecule has 314 valence electrons. The largest absolute Gasteiger partial charge is 0.135 e. The van der Waals surface area contributed by atoms with Gasteiger partial charge in [-0.25, -0.2) is 0 Å². The fourth-order valence-electron chi connectivity index (χ4n) is 11.6. The van der Waals surface area contributed by atoms with Crippen molar-refractivity contribution < 1.29 is 0 Å². The van der Waals surface area contributed by atoms with E-state index in [9.17, 15) is 0 Å². The highest BCUT2D eigenvalue weighted by molar-refractivity contribution is 7.27. The van der Waals surface area contributed by atoms with Crippen molar-refractivity contribution in [1.82, 2.24) is 0 Å². The van der Waals surface area contributed by atoms with Gasteiger partial charge in [-0.3, -0.25) is 0 Å². The standard InChI is InChI=1S/C66H38S2/c1-2-14-39(15-3-1)46-35-34-43(63-58-26-13-24-45(65(58)68-66(46)63)42-29-32-53-49-18-5-4-16-47(49)48-17-6-8-20-51(48)59(53)37-42)40-28-31-54-50-19-7-9-21-52(50)60-38-41(30-33-55(60)61(54)36-40)44-23-12-25-57-56-22-10-11-27-62(56)67-64(44)57/h1-38H. The van der Waals surface area contributed by atoms with E-state index in [-0.39, 0.29) is 0 Å². The maximum atomic E-state index is 2.47. The Bertz CT molecular complexity index is 4570. The molecule has 2 heteroatoms. The highest BCUT2D eigenvalue weighted by Gasteiger charge is 2.21. The summed E-state index contributed by atoms with van der Waals surface area (Å²) in [6, 6.07) is 86.4. The molecular formula is C66H38S2. The molecule has 0 unspecified atom stereocenters. The van der Waals surface area contributed by atoms with Crippen molar-refractivity contribution in [3.8, 4) is 44.5 Å². The van der Waals surface area contributed by atoms with Crippen molar-refractivity contribution in [3.63, 3.8) is 0 Å². The minimum Gasteiger partial charge on any atom is -0.135 e. The molecule has 0 atom stereocenters. The van der Waals surface area contributed by atoms with Crippen molar-refractivity contribution in [1.29, 1.82) is 0 Å². The van der Waals surface area contributed by atoms with E-state index in [1.165, 1.54) is 149 Å². The Morgan fingerprint density at radius 2 is 0.574 bits per heavy atom. The molecule has 2 heterocycles. The van der Waals surface area contributed by atoms with E-state index in [1.54, 1.807) is 0 Å². The summed E-state index contributed by atoms with van der Waals surface area (Å²) in [7, 11) is 0. The zero-order chi connectivity index (χ0) is 44.5. The molecule has 15 rings (SSSR count). The molecule has 0 saturated carbocycles. The summed E-state index contributed by atoms with van der Waals surface area (Å²) in [6.45, 7) is 0. The van der Waals surface area contributed by atoms with Gasteiger partial charge in [0.05, 0.1) is 0 Å². The van der Waals surface area contributed by atoms with E-state index < -0.39 is 0 Å². The predicted molar refractivity (Wildman–Crippen MR) is 299 cm³/mol. The van der Waals surface area contributed by atoms with Crippen molar-refractivity contribution in [2.45, 2.75) is 0 Å². The Morgan fingerprint density at radius 3 is 1.13 bits per heavy atom. The Hall–Kier alpha value is -8.14. The fraction of sp³-hybridized carbons (Fsp3) is 0. The van der Waals surface area contributed by atoms with Crippen molar-refractivity contribution >= 4 is 128 Å². The van der Waals surface area contributed by atoms with Crippen LogP contribution in [0.25, 0.3) is 149 Å². The first-order chi connectivity index (χ1) is 33.7. The normalized spacial score (nSPS) is 12.1. The van der Waals surface area contributed by atoms with E-state index >= 15 is 0 Å². The van der Waals surface area contributed by atoms with E-state index in [0.717, 1.165) is 0 Å². The first kappa shape index (κ1) is 38.0. The number of hydrogen-bond acceptors (Lipinski definition) is 2. The predicted octanol–water partition coefficient (Wildman–Crippen LogP) is 20.0. The maximum absolute atomic E-state index is 2.47. The molecule has 2 aromatic heterocycles. The molecule has 0 aliphatic carbocycles. The number of hydrogen-bond donors (Lipinski definition) is 0. The second-order valence-corrected chi connectivity index (χ2v) is 20.3. The minimum atomic E-state index is 1.23. The summed E-state index contributed by atoms with van der Waals surface area (Å²) in [5, 5.41) is 20.7. The number of benzene rings is 13. The zero-order valence-corrected chi connectivity index (χ0v) is 38.4. The third kappa shape index (κ3) is 5.53. The minimum absolute atomic E-state index is 1.23.